The van der Waals surface area contributed by atoms with Gasteiger partial charge in [0.2, 0.25) is 6.79 Å². The van der Waals surface area contributed by atoms with Crippen LogP contribution in [0.25, 0.3) is 0 Å². The predicted octanol–water partition coefficient (Wildman–Crippen LogP) is 2.78. The fourth-order valence-electron chi connectivity index (χ4n) is 1.99. The molecule has 0 aliphatic carbocycles. The molecule has 0 fully saturated rings. The van der Waals surface area contributed by atoms with Crippen LogP contribution in [0.2, 0.25) is 0 Å². The van der Waals surface area contributed by atoms with Crippen LogP contribution in [0.4, 0.5) is 0 Å². The molecule has 0 aromatic heterocycles. The zero-order chi connectivity index (χ0) is 14.7. The second kappa shape index (κ2) is 5.75. The molecule has 5 nitrogen and oxygen atoms in total. The van der Waals surface area contributed by atoms with Gasteiger partial charge in [-0.25, -0.2) is 4.79 Å². The van der Waals surface area contributed by atoms with Crippen LogP contribution in [0.3, 0.4) is 0 Å². The summed E-state index contributed by atoms with van der Waals surface area (Å²) in [6, 6.07) is 12.5. The first-order chi connectivity index (χ1) is 10.3. The zero-order valence-electron chi connectivity index (χ0n) is 11.5. The molecular weight excluding hydrogens is 272 g/mol. The van der Waals surface area contributed by atoms with E-state index in [1.54, 1.807) is 18.2 Å². The van der Waals surface area contributed by atoms with Crippen molar-refractivity contribution >= 4 is 5.97 Å². The number of esters is 1. The van der Waals surface area contributed by atoms with Gasteiger partial charge in [0.15, 0.2) is 11.5 Å². The van der Waals surface area contributed by atoms with Gasteiger partial charge in [0.25, 0.3) is 0 Å². The molecule has 5 heteroatoms. The zero-order valence-corrected chi connectivity index (χ0v) is 11.5. The van der Waals surface area contributed by atoms with E-state index in [4.69, 9.17) is 14.2 Å². The highest BCUT2D eigenvalue weighted by atomic mass is 16.7. The number of benzene rings is 2. The third kappa shape index (κ3) is 2.91. The summed E-state index contributed by atoms with van der Waals surface area (Å²) in [6.45, 7) is 0.648. The minimum Gasteiger partial charge on any atom is -0.489 e. The minimum absolute atomic E-state index is 0.244. The van der Waals surface area contributed by atoms with Crippen LogP contribution < -0.4 is 14.2 Å². The monoisotopic (exact) mass is 286 g/mol. The summed E-state index contributed by atoms with van der Waals surface area (Å²) in [5.74, 6) is 1.77. The Morgan fingerprint density at radius 1 is 1.10 bits per heavy atom. The van der Waals surface area contributed by atoms with Crippen molar-refractivity contribution in [3.8, 4) is 17.2 Å². The van der Waals surface area contributed by atoms with E-state index in [0.717, 1.165) is 11.3 Å². The topological polar surface area (TPSA) is 54.0 Å². The van der Waals surface area contributed by atoms with Gasteiger partial charge in [-0.3, -0.25) is 0 Å². The third-order valence-electron chi connectivity index (χ3n) is 3.12. The number of ether oxygens (including phenoxy) is 4. The Morgan fingerprint density at radius 2 is 1.86 bits per heavy atom. The lowest BCUT2D eigenvalue weighted by molar-refractivity contribution is 0.0600. The number of hydrogen-bond donors (Lipinski definition) is 0. The molecule has 21 heavy (non-hydrogen) atoms. The summed E-state index contributed by atoms with van der Waals surface area (Å²) < 4.78 is 20.9. The number of hydrogen-bond acceptors (Lipinski definition) is 5. The van der Waals surface area contributed by atoms with Crippen LogP contribution >= 0.6 is 0 Å². The number of carbonyl (C=O) groups excluding carboxylic acids is 1. The maximum atomic E-state index is 11.3. The summed E-state index contributed by atoms with van der Waals surface area (Å²) >= 11 is 0. The second-order valence-electron chi connectivity index (χ2n) is 4.49. The Hall–Kier alpha value is -2.69. The van der Waals surface area contributed by atoms with Crippen LogP contribution in [0, 0.1) is 0 Å². The first-order valence-electron chi connectivity index (χ1n) is 6.46. The number of fused-ring (bicyclic) bond motifs is 1. The molecule has 1 heterocycles. The van der Waals surface area contributed by atoms with Gasteiger partial charge in [0, 0.05) is 6.07 Å². The van der Waals surface area contributed by atoms with Crippen molar-refractivity contribution in [3.05, 3.63) is 53.6 Å². The van der Waals surface area contributed by atoms with Crippen LogP contribution in [0.15, 0.2) is 42.5 Å². The lowest BCUT2D eigenvalue weighted by Crippen LogP contribution is -2.01. The quantitative estimate of drug-likeness (QED) is 0.809. The van der Waals surface area contributed by atoms with Gasteiger partial charge < -0.3 is 18.9 Å². The first kappa shape index (κ1) is 13.3. The number of carbonyl (C=O) groups is 1. The average molecular weight is 286 g/mol. The van der Waals surface area contributed by atoms with Crippen molar-refractivity contribution in [1.29, 1.82) is 0 Å². The van der Waals surface area contributed by atoms with E-state index in [9.17, 15) is 4.79 Å². The fourth-order valence-corrected chi connectivity index (χ4v) is 1.99. The maximum Gasteiger partial charge on any atom is 0.337 e. The van der Waals surface area contributed by atoms with E-state index in [0.29, 0.717) is 23.7 Å². The normalized spacial score (nSPS) is 12.0. The highest BCUT2D eigenvalue weighted by Gasteiger charge is 2.13. The third-order valence-corrected chi connectivity index (χ3v) is 3.12. The van der Waals surface area contributed by atoms with Gasteiger partial charge in [-0.15, -0.1) is 0 Å². The highest BCUT2D eigenvalue weighted by molar-refractivity contribution is 5.89. The largest absolute Gasteiger partial charge is 0.489 e. The molecule has 3 rings (SSSR count). The Kier molecular flexibility index (Phi) is 3.64. The Bertz CT molecular complexity index is 648. The molecule has 0 bridgehead atoms. The van der Waals surface area contributed by atoms with E-state index >= 15 is 0 Å². The molecule has 2 aromatic rings. The van der Waals surface area contributed by atoms with Crippen molar-refractivity contribution < 1.29 is 23.7 Å². The Balaban J connectivity index is 1.63. The van der Waals surface area contributed by atoms with Gasteiger partial charge in [0.05, 0.1) is 12.7 Å². The Morgan fingerprint density at radius 3 is 2.62 bits per heavy atom. The summed E-state index contributed by atoms with van der Waals surface area (Å²) in [7, 11) is 1.36. The van der Waals surface area contributed by atoms with Crippen molar-refractivity contribution in [2.75, 3.05) is 13.9 Å². The Labute approximate surface area is 122 Å². The van der Waals surface area contributed by atoms with Crippen molar-refractivity contribution in [1.82, 2.24) is 0 Å². The van der Waals surface area contributed by atoms with Crippen LogP contribution in [-0.2, 0) is 11.3 Å². The van der Waals surface area contributed by atoms with Crippen LogP contribution in [0.1, 0.15) is 15.9 Å². The lowest BCUT2D eigenvalue weighted by Gasteiger charge is -2.07. The molecule has 0 unspecified atom stereocenters. The van der Waals surface area contributed by atoms with Gasteiger partial charge in [-0.05, 0) is 29.8 Å². The summed E-state index contributed by atoms with van der Waals surface area (Å²) in [5, 5.41) is 0. The van der Waals surface area contributed by atoms with Crippen LogP contribution in [-0.4, -0.2) is 19.9 Å². The summed E-state index contributed by atoms with van der Waals surface area (Å²) in [4.78, 5) is 11.3. The maximum absolute atomic E-state index is 11.3. The summed E-state index contributed by atoms with van der Waals surface area (Å²) in [6.07, 6.45) is 0. The molecule has 108 valence electrons. The highest BCUT2D eigenvalue weighted by Crippen LogP contribution is 2.35. The SMILES string of the molecule is COC(=O)c1ccc(COc2ccc3c(c2)OCO3)cc1. The van der Waals surface area contributed by atoms with Gasteiger partial charge in [0.1, 0.15) is 12.4 Å². The first-order valence-corrected chi connectivity index (χ1v) is 6.46. The van der Waals surface area contributed by atoms with Gasteiger partial charge in [-0.1, -0.05) is 12.1 Å². The number of methoxy groups -OCH3 is 1. The molecular formula is C16H14O5. The van der Waals surface area contributed by atoms with Crippen molar-refractivity contribution in [3.63, 3.8) is 0 Å². The van der Waals surface area contributed by atoms with E-state index in [1.165, 1.54) is 7.11 Å². The molecule has 0 spiro atoms. The average Bonchev–Trinajstić information content (AvgIpc) is 3.00. The van der Waals surface area contributed by atoms with Crippen molar-refractivity contribution in [2.45, 2.75) is 6.61 Å². The van der Waals surface area contributed by atoms with Crippen molar-refractivity contribution in [2.24, 2.45) is 0 Å². The molecule has 0 radical (unpaired) electrons. The second-order valence-corrected chi connectivity index (χ2v) is 4.49. The molecule has 0 saturated heterocycles. The van der Waals surface area contributed by atoms with Gasteiger partial charge >= 0.3 is 5.97 Å². The van der Waals surface area contributed by atoms with Gasteiger partial charge in [-0.2, -0.15) is 0 Å². The van der Waals surface area contributed by atoms with E-state index in [1.807, 2.05) is 24.3 Å². The smallest absolute Gasteiger partial charge is 0.337 e. The molecule has 2 aromatic carbocycles. The fraction of sp³-hybridized carbons (Fsp3) is 0.188. The minimum atomic E-state index is -0.349. The van der Waals surface area contributed by atoms with Crippen LogP contribution in [0.5, 0.6) is 17.2 Å². The molecule has 0 amide bonds. The van der Waals surface area contributed by atoms with E-state index in [2.05, 4.69) is 4.74 Å². The van der Waals surface area contributed by atoms with E-state index < -0.39 is 0 Å². The number of rotatable bonds is 4. The summed E-state index contributed by atoms with van der Waals surface area (Å²) in [5.41, 5.74) is 1.48. The molecule has 0 atom stereocenters. The standard InChI is InChI=1S/C16H14O5/c1-18-16(17)12-4-2-11(3-5-12)9-19-13-6-7-14-15(8-13)21-10-20-14/h2-8H,9-10H2,1H3. The molecule has 0 N–H and O–H groups in total. The van der Waals surface area contributed by atoms with E-state index in [-0.39, 0.29) is 12.8 Å². The molecule has 1 aliphatic heterocycles. The molecule has 0 saturated carbocycles. The predicted molar refractivity (Wildman–Crippen MR) is 74.7 cm³/mol. The lowest BCUT2D eigenvalue weighted by atomic mass is 10.1. The molecule has 1 aliphatic rings.